The van der Waals surface area contributed by atoms with Crippen molar-refractivity contribution in [3.63, 3.8) is 0 Å². The largest absolute Gasteiger partial charge is 0.496 e. The molecule has 5 atom stereocenters. The summed E-state index contributed by atoms with van der Waals surface area (Å²) in [6.45, 7) is 2.22. The van der Waals surface area contributed by atoms with Gasteiger partial charge in [-0.25, -0.2) is 4.39 Å². The lowest BCUT2D eigenvalue weighted by Gasteiger charge is -2.56. The summed E-state index contributed by atoms with van der Waals surface area (Å²) in [5.74, 6) is 2.71. The summed E-state index contributed by atoms with van der Waals surface area (Å²) in [4.78, 5) is 0. The molecule has 4 rings (SSSR count). The Bertz CT molecular complexity index is 583. The number of aryl methyl sites for hydroxylation is 1. The van der Waals surface area contributed by atoms with Crippen LogP contribution in [0.15, 0.2) is 12.1 Å². The Kier molecular flexibility index (Phi) is 3.90. The number of benzene rings is 1. The molecule has 1 unspecified atom stereocenters. The molecule has 1 aromatic carbocycles. The number of methoxy groups -OCH3 is 1. The van der Waals surface area contributed by atoms with Gasteiger partial charge < -0.3 is 4.74 Å². The van der Waals surface area contributed by atoms with Crippen molar-refractivity contribution in [3.8, 4) is 5.75 Å². The summed E-state index contributed by atoms with van der Waals surface area (Å²) in [5, 5.41) is 0. The maximum Gasteiger partial charge on any atom is 0.127 e. The Morgan fingerprint density at radius 2 is 2.17 bits per heavy atom. The number of fused-ring (bicyclic) bond motifs is 5. The van der Waals surface area contributed by atoms with Crippen LogP contribution in [0.25, 0.3) is 0 Å². The first-order valence-corrected chi connectivity index (χ1v) is 9.42. The zero-order valence-electron chi connectivity index (χ0n) is 14.4. The molecule has 0 aliphatic heterocycles. The van der Waals surface area contributed by atoms with Gasteiger partial charge in [-0.1, -0.05) is 13.3 Å². The minimum atomic E-state index is -0.577. The van der Waals surface area contributed by atoms with Crippen LogP contribution >= 0.6 is 0 Å². The van der Waals surface area contributed by atoms with E-state index in [0.29, 0.717) is 17.8 Å². The van der Waals surface area contributed by atoms with Crippen LogP contribution in [0, 0.1) is 23.3 Å². The molecule has 0 bridgehead atoms. The van der Waals surface area contributed by atoms with Gasteiger partial charge in [0.05, 0.1) is 7.11 Å². The first-order chi connectivity index (χ1) is 11.2. The average molecular weight is 315 g/mol. The number of halogens is 1. The number of hydrogen-bond donors (Lipinski definition) is 0. The van der Waals surface area contributed by atoms with E-state index in [-0.39, 0.29) is 5.41 Å². The number of alkyl halides is 1. The topological polar surface area (TPSA) is 9.23 Å². The molecule has 3 aliphatic rings. The fraction of sp³-hybridized carbons (Fsp3) is 0.714. The van der Waals surface area contributed by atoms with Gasteiger partial charge in [0.15, 0.2) is 0 Å². The monoisotopic (exact) mass is 315 g/mol. The predicted molar refractivity (Wildman–Crippen MR) is 90.6 cm³/mol. The highest BCUT2D eigenvalue weighted by Crippen LogP contribution is 2.61. The standard InChI is InChI=1S/C21H28FO/c1-3-21-12-11-16-17(19(21)5-4-6-20(21)22)10-8-14-7-9-15(23-2)13-18(14)16/h7,13,16-17,19-20H,3-6,8,10-12H2,1-2H3/t16-,17+,19-,20?,21-/m0/s1. The second kappa shape index (κ2) is 5.79. The van der Waals surface area contributed by atoms with Crippen molar-refractivity contribution < 1.29 is 9.13 Å². The minimum absolute atomic E-state index is 0.0259. The predicted octanol–water partition coefficient (Wildman–Crippen LogP) is 5.47. The molecule has 2 saturated carbocycles. The molecule has 1 aromatic rings. The van der Waals surface area contributed by atoms with Gasteiger partial charge in [0.2, 0.25) is 0 Å². The van der Waals surface area contributed by atoms with Gasteiger partial charge >= 0.3 is 0 Å². The summed E-state index contributed by atoms with van der Waals surface area (Å²) >= 11 is 0. The highest BCUT2D eigenvalue weighted by atomic mass is 19.1. The molecule has 2 fully saturated rings. The Morgan fingerprint density at radius 3 is 2.96 bits per heavy atom. The van der Waals surface area contributed by atoms with Gasteiger partial charge in [0, 0.05) is 11.5 Å². The van der Waals surface area contributed by atoms with Gasteiger partial charge in [0.1, 0.15) is 11.9 Å². The molecule has 1 nitrogen and oxygen atoms in total. The Balaban J connectivity index is 1.71. The molecule has 0 N–H and O–H groups in total. The lowest BCUT2D eigenvalue weighted by atomic mass is 9.49. The van der Waals surface area contributed by atoms with E-state index < -0.39 is 6.17 Å². The first-order valence-electron chi connectivity index (χ1n) is 9.42. The molecule has 0 saturated heterocycles. The molecule has 1 radical (unpaired) electrons. The summed E-state index contributed by atoms with van der Waals surface area (Å²) in [5.41, 5.74) is 2.90. The van der Waals surface area contributed by atoms with Crippen LogP contribution in [0.2, 0.25) is 0 Å². The lowest BCUT2D eigenvalue weighted by Crippen LogP contribution is -2.51. The molecule has 0 heterocycles. The third-order valence-corrected chi connectivity index (χ3v) is 7.36. The van der Waals surface area contributed by atoms with Crippen molar-refractivity contribution in [2.24, 2.45) is 17.3 Å². The number of rotatable bonds is 2. The van der Waals surface area contributed by atoms with Gasteiger partial charge in [0.25, 0.3) is 0 Å². The van der Waals surface area contributed by atoms with Crippen molar-refractivity contribution in [2.45, 2.75) is 70.4 Å². The van der Waals surface area contributed by atoms with Crippen molar-refractivity contribution in [3.05, 3.63) is 29.3 Å². The normalized spacial score (nSPS) is 39.1. The highest BCUT2D eigenvalue weighted by Gasteiger charge is 2.54. The molecule has 0 aromatic heterocycles. The molecule has 2 heteroatoms. The first kappa shape index (κ1) is 15.5. The third-order valence-electron chi connectivity index (χ3n) is 7.36. The molecular formula is C21H28FO. The van der Waals surface area contributed by atoms with Crippen molar-refractivity contribution in [1.82, 2.24) is 0 Å². The van der Waals surface area contributed by atoms with E-state index in [9.17, 15) is 4.39 Å². The average Bonchev–Trinajstić information content (AvgIpc) is 2.61. The van der Waals surface area contributed by atoms with Crippen molar-refractivity contribution in [2.75, 3.05) is 7.11 Å². The van der Waals surface area contributed by atoms with E-state index in [0.717, 1.165) is 44.3 Å². The van der Waals surface area contributed by atoms with Crippen LogP contribution in [-0.4, -0.2) is 13.3 Å². The number of ether oxygens (including phenoxy) is 1. The van der Waals surface area contributed by atoms with E-state index in [2.05, 4.69) is 25.1 Å². The number of hydrogen-bond acceptors (Lipinski definition) is 1. The van der Waals surface area contributed by atoms with Crippen molar-refractivity contribution in [1.29, 1.82) is 0 Å². The lowest BCUT2D eigenvalue weighted by molar-refractivity contribution is -0.0784. The second-order valence-electron chi connectivity index (χ2n) is 7.92. The zero-order chi connectivity index (χ0) is 16.0. The van der Waals surface area contributed by atoms with Gasteiger partial charge in [-0.05, 0) is 86.0 Å². The summed E-state index contributed by atoms with van der Waals surface area (Å²) < 4.78 is 20.3. The van der Waals surface area contributed by atoms with Crippen LogP contribution < -0.4 is 4.74 Å². The molecule has 3 aliphatic carbocycles. The van der Waals surface area contributed by atoms with Crippen LogP contribution in [0.5, 0.6) is 5.75 Å². The van der Waals surface area contributed by atoms with Crippen LogP contribution in [0.4, 0.5) is 4.39 Å². The van der Waals surface area contributed by atoms with Gasteiger partial charge in [-0.3, -0.25) is 0 Å². The molecule has 23 heavy (non-hydrogen) atoms. The molecular weight excluding hydrogens is 287 g/mol. The van der Waals surface area contributed by atoms with E-state index >= 15 is 0 Å². The van der Waals surface area contributed by atoms with E-state index in [1.807, 2.05) is 0 Å². The van der Waals surface area contributed by atoms with Crippen LogP contribution in [0.1, 0.15) is 68.9 Å². The van der Waals surface area contributed by atoms with Gasteiger partial charge in [-0.2, -0.15) is 0 Å². The maximum absolute atomic E-state index is 14.9. The fourth-order valence-corrected chi connectivity index (χ4v) is 6.19. The zero-order valence-corrected chi connectivity index (χ0v) is 14.4. The molecule has 125 valence electrons. The SMILES string of the molecule is CC[C@]12CC[C@@H]3c4cc(OC)[c]cc4CC[C@H]3[C@@H]1CCCC2F. The third kappa shape index (κ3) is 2.24. The quantitative estimate of drug-likeness (QED) is 0.703. The van der Waals surface area contributed by atoms with Gasteiger partial charge in [-0.15, -0.1) is 0 Å². The Morgan fingerprint density at radius 1 is 1.30 bits per heavy atom. The van der Waals surface area contributed by atoms with E-state index in [1.54, 1.807) is 7.11 Å². The Hall–Kier alpha value is -1.05. The molecule has 0 spiro atoms. The minimum Gasteiger partial charge on any atom is -0.496 e. The fourth-order valence-electron chi connectivity index (χ4n) is 6.19. The Labute approximate surface area is 139 Å². The van der Waals surface area contributed by atoms with E-state index in [1.165, 1.54) is 24.0 Å². The maximum atomic E-state index is 14.9. The highest BCUT2D eigenvalue weighted by molar-refractivity contribution is 5.40. The summed E-state index contributed by atoms with van der Waals surface area (Å²) in [6.07, 6.45) is 8.12. The van der Waals surface area contributed by atoms with Crippen LogP contribution in [-0.2, 0) is 6.42 Å². The summed E-state index contributed by atoms with van der Waals surface area (Å²) in [6, 6.07) is 7.58. The van der Waals surface area contributed by atoms with Crippen LogP contribution in [0.3, 0.4) is 0 Å². The summed E-state index contributed by atoms with van der Waals surface area (Å²) in [7, 11) is 1.72. The molecule has 0 amide bonds. The van der Waals surface area contributed by atoms with E-state index in [4.69, 9.17) is 4.74 Å². The smallest absolute Gasteiger partial charge is 0.127 e. The van der Waals surface area contributed by atoms with Crippen molar-refractivity contribution >= 4 is 0 Å². The second-order valence-corrected chi connectivity index (χ2v) is 7.92.